The number of aliphatic carboxylic acids is 1. The van der Waals surface area contributed by atoms with E-state index in [2.05, 4.69) is 10.3 Å². The molecule has 2 aromatic rings. The van der Waals surface area contributed by atoms with Gasteiger partial charge in [-0.25, -0.2) is 0 Å². The SMILES string of the molecule is CC(NC(=O)C1CCC(C(=O)O)CC1)c1ccc(-c2cccnc2)cc1. The molecule has 136 valence electrons. The van der Waals surface area contributed by atoms with Crippen molar-refractivity contribution in [2.75, 3.05) is 0 Å². The Balaban J connectivity index is 1.57. The van der Waals surface area contributed by atoms with Crippen molar-refractivity contribution in [1.82, 2.24) is 10.3 Å². The Kier molecular flexibility index (Phi) is 5.66. The van der Waals surface area contributed by atoms with Crippen LogP contribution in [0.1, 0.15) is 44.2 Å². The molecule has 2 N–H and O–H groups in total. The van der Waals surface area contributed by atoms with Gasteiger partial charge < -0.3 is 10.4 Å². The Morgan fingerprint density at radius 2 is 1.69 bits per heavy atom. The largest absolute Gasteiger partial charge is 0.481 e. The molecule has 26 heavy (non-hydrogen) atoms. The van der Waals surface area contributed by atoms with Gasteiger partial charge in [-0.3, -0.25) is 14.6 Å². The lowest BCUT2D eigenvalue weighted by Gasteiger charge is -2.26. The smallest absolute Gasteiger partial charge is 0.306 e. The molecule has 1 aliphatic rings. The van der Waals surface area contributed by atoms with Crippen LogP contribution in [-0.2, 0) is 9.59 Å². The molecule has 5 heteroatoms. The first-order valence-corrected chi connectivity index (χ1v) is 9.08. The normalized spacial score (nSPS) is 21.0. The topological polar surface area (TPSA) is 79.3 Å². The van der Waals surface area contributed by atoms with Crippen LogP contribution in [0.5, 0.6) is 0 Å². The average molecular weight is 352 g/mol. The zero-order valence-electron chi connectivity index (χ0n) is 14.9. The summed E-state index contributed by atoms with van der Waals surface area (Å²) in [6.07, 6.45) is 6.04. The van der Waals surface area contributed by atoms with Crippen LogP contribution in [0.3, 0.4) is 0 Å². The summed E-state index contributed by atoms with van der Waals surface area (Å²) in [5.74, 6) is -1.09. The lowest BCUT2D eigenvalue weighted by Crippen LogP contribution is -2.35. The van der Waals surface area contributed by atoms with E-state index in [0.29, 0.717) is 25.7 Å². The Morgan fingerprint density at radius 3 is 2.27 bits per heavy atom. The van der Waals surface area contributed by atoms with E-state index in [1.807, 2.05) is 49.5 Å². The van der Waals surface area contributed by atoms with Gasteiger partial charge in [0.05, 0.1) is 12.0 Å². The van der Waals surface area contributed by atoms with E-state index >= 15 is 0 Å². The molecule has 0 aliphatic heterocycles. The number of carbonyl (C=O) groups excluding carboxylic acids is 1. The fourth-order valence-electron chi connectivity index (χ4n) is 3.51. The van der Waals surface area contributed by atoms with Crippen LogP contribution < -0.4 is 5.32 Å². The average Bonchev–Trinajstić information content (AvgIpc) is 2.68. The Labute approximate surface area is 153 Å². The number of carbonyl (C=O) groups is 2. The molecule has 0 spiro atoms. The van der Waals surface area contributed by atoms with Gasteiger partial charge in [-0.2, -0.15) is 0 Å². The third-order valence-electron chi connectivity index (χ3n) is 5.21. The summed E-state index contributed by atoms with van der Waals surface area (Å²) in [5.41, 5.74) is 3.20. The van der Waals surface area contributed by atoms with Gasteiger partial charge in [-0.05, 0) is 55.4 Å². The first-order valence-electron chi connectivity index (χ1n) is 9.08. The Hall–Kier alpha value is -2.69. The molecule has 1 aliphatic carbocycles. The van der Waals surface area contributed by atoms with Crippen LogP contribution in [0, 0.1) is 11.8 Å². The molecular formula is C21H24N2O3. The van der Waals surface area contributed by atoms with Crippen molar-refractivity contribution >= 4 is 11.9 Å². The summed E-state index contributed by atoms with van der Waals surface area (Å²) in [6.45, 7) is 1.97. The van der Waals surface area contributed by atoms with Gasteiger partial charge in [0.1, 0.15) is 0 Å². The molecule has 0 radical (unpaired) electrons. The van der Waals surface area contributed by atoms with Gasteiger partial charge in [0.2, 0.25) is 5.91 Å². The lowest BCUT2D eigenvalue weighted by atomic mass is 9.81. The monoisotopic (exact) mass is 352 g/mol. The number of nitrogens with one attached hydrogen (secondary N) is 1. The van der Waals surface area contributed by atoms with Crippen LogP contribution in [0.25, 0.3) is 11.1 Å². The minimum Gasteiger partial charge on any atom is -0.481 e. The van der Waals surface area contributed by atoms with Gasteiger partial charge in [0.25, 0.3) is 0 Å². The molecule has 1 fully saturated rings. The predicted octanol–water partition coefficient (Wildman–Crippen LogP) is 3.82. The standard InChI is InChI=1S/C21H24N2O3/c1-14(23-20(24)17-8-10-18(11-9-17)21(25)26)15-4-6-16(7-5-15)19-3-2-12-22-13-19/h2-7,12-14,17-18H,8-11H2,1H3,(H,23,24)(H,25,26). The zero-order chi connectivity index (χ0) is 18.5. The van der Waals surface area contributed by atoms with Gasteiger partial charge >= 0.3 is 5.97 Å². The molecule has 1 aromatic carbocycles. The number of carboxylic acids is 1. The molecule has 1 aromatic heterocycles. The zero-order valence-corrected chi connectivity index (χ0v) is 14.9. The van der Waals surface area contributed by atoms with E-state index in [4.69, 9.17) is 5.11 Å². The Bertz CT molecular complexity index is 751. The highest BCUT2D eigenvalue weighted by atomic mass is 16.4. The van der Waals surface area contributed by atoms with Crippen molar-refractivity contribution in [2.24, 2.45) is 11.8 Å². The number of amides is 1. The summed E-state index contributed by atoms with van der Waals surface area (Å²) in [6, 6.07) is 12.0. The van der Waals surface area contributed by atoms with Crippen molar-refractivity contribution in [2.45, 2.75) is 38.6 Å². The summed E-state index contributed by atoms with van der Waals surface area (Å²) < 4.78 is 0. The van der Waals surface area contributed by atoms with Crippen molar-refractivity contribution in [3.63, 3.8) is 0 Å². The highest BCUT2D eigenvalue weighted by Gasteiger charge is 2.30. The van der Waals surface area contributed by atoms with Gasteiger partial charge in [0, 0.05) is 18.3 Å². The highest BCUT2D eigenvalue weighted by Crippen LogP contribution is 2.30. The van der Waals surface area contributed by atoms with Crippen molar-refractivity contribution in [1.29, 1.82) is 0 Å². The van der Waals surface area contributed by atoms with Crippen LogP contribution >= 0.6 is 0 Å². The maximum absolute atomic E-state index is 12.5. The Morgan fingerprint density at radius 1 is 1.04 bits per heavy atom. The maximum Gasteiger partial charge on any atom is 0.306 e. The fourth-order valence-corrected chi connectivity index (χ4v) is 3.51. The number of aromatic nitrogens is 1. The number of benzene rings is 1. The summed E-state index contributed by atoms with van der Waals surface area (Å²) in [4.78, 5) is 27.6. The quantitative estimate of drug-likeness (QED) is 0.857. The molecule has 1 atom stereocenters. The molecule has 1 saturated carbocycles. The number of carboxylic acid groups (broad SMARTS) is 1. The van der Waals surface area contributed by atoms with Gasteiger partial charge in [-0.1, -0.05) is 30.3 Å². The lowest BCUT2D eigenvalue weighted by molar-refractivity contribution is -0.144. The minimum atomic E-state index is -0.745. The second-order valence-corrected chi connectivity index (χ2v) is 6.98. The minimum absolute atomic E-state index is 0.0256. The molecule has 3 rings (SSSR count). The predicted molar refractivity (Wildman–Crippen MR) is 99.3 cm³/mol. The van der Waals surface area contributed by atoms with Gasteiger partial charge in [0.15, 0.2) is 0 Å². The molecule has 5 nitrogen and oxygen atoms in total. The van der Waals surface area contributed by atoms with E-state index in [9.17, 15) is 9.59 Å². The van der Waals surface area contributed by atoms with Crippen LogP contribution in [-0.4, -0.2) is 22.0 Å². The summed E-state index contributed by atoms with van der Waals surface area (Å²) >= 11 is 0. The second-order valence-electron chi connectivity index (χ2n) is 6.98. The van der Waals surface area contributed by atoms with E-state index in [1.54, 1.807) is 6.20 Å². The number of hydrogen-bond acceptors (Lipinski definition) is 3. The number of pyridine rings is 1. The first kappa shape index (κ1) is 18.1. The van der Waals surface area contributed by atoms with E-state index in [-0.39, 0.29) is 23.8 Å². The molecule has 1 amide bonds. The maximum atomic E-state index is 12.5. The summed E-state index contributed by atoms with van der Waals surface area (Å²) in [7, 11) is 0. The second kappa shape index (κ2) is 8.13. The van der Waals surface area contributed by atoms with E-state index in [0.717, 1.165) is 16.7 Å². The molecule has 0 saturated heterocycles. The molecular weight excluding hydrogens is 328 g/mol. The number of nitrogens with zero attached hydrogens (tertiary/aromatic N) is 1. The van der Waals surface area contributed by atoms with Crippen LogP contribution in [0.4, 0.5) is 0 Å². The molecule has 1 unspecified atom stereocenters. The third-order valence-corrected chi connectivity index (χ3v) is 5.21. The third kappa shape index (κ3) is 4.28. The van der Waals surface area contributed by atoms with Crippen LogP contribution in [0.2, 0.25) is 0 Å². The van der Waals surface area contributed by atoms with Crippen molar-refractivity contribution in [3.8, 4) is 11.1 Å². The molecule has 0 bridgehead atoms. The number of rotatable bonds is 5. The molecule has 1 heterocycles. The van der Waals surface area contributed by atoms with Gasteiger partial charge in [-0.15, -0.1) is 0 Å². The highest BCUT2D eigenvalue weighted by molar-refractivity contribution is 5.79. The first-order chi connectivity index (χ1) is 12.5. The number of hydrogen-bond donors (Lipinski definition) is 2. The van der Waals surface area contributed by atoms with E-state index in [1.165, 1.54) is 0 Å². The van der Waals surface area contributed by atoms with E-state index < -0.39 is 5.97 Å². The fraction of sp³-hybridized carbons (Fsp3) is 0.381. The summed E-state index contributed by atoms with van der Waals surface area (Å²) in [5, 5.41) is 12.1. The van der Waals surface area contributed by atoms with Crippen molar-refractivity contribution < 1.29 is 14.7 Å². The van der Waals surface area contributed by atoms with Crippen molar-refractivity contribution in [3.05, 3.63) is 54.4 Å². The van der Waals surface area contributed by atoms with Crippen LogP contribution in [0.15, 0.2) is 48.8 Å².